The molecule has 1 aromatic rings. The number of nitrogens with zero attached hydrogens (tertiary/aromatic N) is 1. The van der Waals surface area contributed by atoms with Crippen LogP contribution in [0.5, 0.6) is 0 Å². The number of carbonyl (C=O) groups excluding carboxylic acids is 3. The van der Waals surface area contributed by atoms with Crippen molar-refractivity contribution in [2.45, 2.75) is 57.9 Å². The average molecular weight is 406 g/mol. The van der Waals surface area contributed by atoms with E-state index >= 15 is 0 Å². The van der Waals surface area contributed by atoms with Crippen LogP contribution in [-0.4, -0.2) is 58.2 Å². The first kappa shape index (κ1) is 22.2. The van der Waals surface area contributed by atoms with Crippen LogP contribution in [-0.2, 0) is 25.7 Å². The summed E-state index contributed by atoms with van der Waals surface area (Å²) in [6.45, 7) is 4.93. The van der Waals surface area contributed by atoms with Crippen molar-refractivity contribution in [3.8, 4) is 0 Å². The van der Waals surface area contributed by atoms with E-state index < -0.39 is 35.8 Å². The van der Waals surface area contributed by atoms with Crippen molar-refractivity contribution >= 4 is 23.9 Å². The van der Waals surface area contributed by atoms with Gasteiger partial charge in [0, 0.05) is 19.4 Å². The normalized spacial score (nSPS) is 18.0. The number of aliphatic carboxylic acids is 1. The van der Waals surface area contributed by atoms with E-state index in [-0.39, 0.29) is 31.8 Å². The number of Topliss-reactive ketones (excluding diaryl/α,β-unsaturated/α-hetero) is 1. The Hall–Kier alpha value is -3.10. The summed E-state index contributed by atoms with van der Waals surface area (Å²) >= 11 is 0. The molecule has 0 radical (unpaired) electrons. The summed E-state index contributed by atoms with van der Waals surface area (Å²) in [5, 5.41) is 11.9. The van der Waals surface area contributed by atoms with Crippen LogP contribution in [0.25, 0.3) is 0 Å². The lowest BCUT2D eigenvalue weighted by molar-refractivity contribution is -0.142. The van der Waals surface area contributed by atoms with Crippen LogP contribution in [0.1, 0.15) is 39.2 Å². The van der Waals surface area contributed by atoms with Gasteiger partial charge in [-0.2, -0.15) is 0 Å². The molecule has 1 heterocycles. The number of likely N-dealkylation sites (tertiary alicyclic amines) is 1. The summed E-state index contributed by atoms with van der Waals surface area (Å²) in [5.41, 5.74) is -0.0590. The molecule has 0 aliphatic carbocycles. The Morgan fingerprint density at radius 1 is 1.24 bits per heavy atom. The SMILES string of the molecule is CC(C)(C)OC(=O)N[C@H](C(=O)O)[C@H]1CC(=O)CCN1C(=O)OCc1ccccc1. The summed E-state index contributed by atoms with van der Waals surface area (Å²) in [5.74, 6) is -1.57. The van der Waals surface area contributed by atoms with E-state index in [1.807, 2.05) is 6.07 Å². The van der Waals surface area contributed by atoms with Gasteiger partial charge < -0.3 is 24.8 Å². The van der Waals surface area contributed by atoms with Gasteiger partial charge in [-0.1, -0.05) is 30.3 Å². The molecule has 9 heteroatoms. The lowest BCUT2D eigenvalue weighted by Gasteiger charge is -2.37. The third-order valence-electron chi connectivity index (χ3n) is 4.23. The number of carbonyl (C=O) groups is 4. The summed E-state index contributed by atoms with van der Waals surface area (Å²) in [6, 6.07) is 6.41. The number of rotatable bonds is 5. The lowest BCUT2D eigenvalue weighted by atomic mass is 9.95. The van der Waals surface area contributed by atoms with Crippen molar-refractivity contribution in [2.24, 2.45) is 0 Å². The van der Waals surface area contributed by atoms with E-state index in [1.54, 1.807) is 45.0 Å². The van der Waals surface area contributed by atoms with Gasteiger partial charge in [-0.3, -0.25) is 4.79 Å². The quantitative estimate of drug-likeness (QED) is 0.769. The second-order valence-corrected chi connectivity index (χ2v) is 7.76. The zero-order chi connectivity index (χ0) is 21.6. The maximum atomic E-state index is 12.6. The van der Waals surface area contributed by atoms with E-state index in [4.69, 9.17) is 9.47 Å². The summed E-state index contributed by atoms with van der Waals surface area (Å²) in [7, 11) is 0. The molecule has 1 aliphatic heterocycles. The van der Waals surface area contributed by atoms with E-state index in [9.17, 15) is 24.3 Å². The molecule has 1 fully saturated rings. The first-order chi connectivity index (χ1) is 13.6. The van der Waals surface area contributed by atoms with Gasteiger partial charge in [0.25, 0.3) is 0 Å². The van der Waals surface area contributed by atoms with Gasteiger partial charge in [-0.15, -0.1) is 0 Å². The van der Waals surface area contributed by atoms with Gasteiger partial charge in [-0.05, 0) is 26.3 Å². The average Bonchev–Trinajstić information content (AvgIpc) is 2.63. The number of carboxylic acids is 1. The molecule has 1 aliphatic rings. The molecule has 0 unspecified atom stereocenters. The molecule has 9 nitrogen and oxygen atoms in total. The highest BCUT2D eigenvalue weighted by atomic mass is 16.6. The number of carboxylic acid groups (broad SMARTS) is 1. The fourth-order valence-corrected chi connectivity index (χ4v) is 2.94. The highest BCUT2D eigenvalue weighted by Crippen LogP contribution is 2.20. The molecule has 0 spiro atoms. The number of hydrogen-bond acceptors (Lipinski definition) is 6. The molecule has 0 aromatic heterocycles. The molecular formula is C20H26N2O7. The Morgan fingerprint density at radius 2 is 1.90 bits per heavy atom. The van der Waals surface area contributed by atoms with Crippen molar-refractivity contribution in [3.63, 3.8) is 0 Å². The molecule has 0 saturated carbocycles. The van der Waals surface area contributed by atoms with E-state index in [2.05, 4.69) is 5.32 Å². The van der Waals surface area contributed by atoms with Crippen LogP contribution < -0.4 is 5.32 Å². The number of amides is 2. The molecule has 29 heavy (non-hydrogen) atoms. The minimum Gasteiger partial charge on any atom is -0.480 e. The van der Waals surface area contributed by atoms with E-state index in [0.717, 1.165) is 5.56 Å². The smallest absolute Gasteiger partial charge is 0.410 e. The molecule has 2 atom stereocenters. The molecule has 0 bridgehead atoms. The number of piperidine rings is 1. The second-order valence-electron chi connectivity index (χ2n) is 7.76. The Morgan fingerprint density at radius 3 is 2.48 bits per heavy atom. The first-order valence-corrected chi connectivity index (χ1v) is 9.28. The predicted molar refractivity (Wildman–Crippen MR) is 102 cm³/mol. The standard InChI is InChI=1S/C20H26N2O7/c1-20(2,3)29-18(26)21-16(17(24)25)15-11-14(23)9-10-22(15)19(27)28-12-13-7-5-4-6-8-13/h4-8,15-16H,9-12H2,1-3H3,(H,21,26)(H,24,25)/t15-,16+/m1/s1. The molecular weight excluding hydrogens is 380 g/mol. The topological polar surface area (TPSA) is 122 Å². The van der Waals surface area contributed by atoms with Crippen molar-refractivity contribution in [3.05, 3.63) is 35.9 Å². The number of hydrogen-bond donors (Lipinski definition) is 2. The largest absolute Gasteiger partial charge is 0.480 e. The van der Waals surface area contributed by atoms with Crippen LogP contribution in [0, 0.1) is 0 Å². The Labute approximate surface area is 169 Å². The van der Waals surface area contributed by atoms with Crippen molar-refractivity contribution in [2.75, 3.05) is 6.54 Å². The molecule has 1 aromatic carbocycles. The van der Waals surface area contributed by atoms with Crippen LogP contribution in [0.15, 0.2) is 30.3 Å². The van der Waals surface area contributed by atoms with Crippen LogP contribution in [0.4, 0.5) is 9.59 Å². The summed E-state index contributed by atoms with van der Waals surface area (Å²) in [6.07, 6.45) is -1.80. The van der Waals surface area contributed by atoms with Gasteiger partial charge in [0.15, 0.2) is 6.04 Å². The van der Waals surface area contributed by atoms with Crippen molar-refractivity contribution < 1.29 is 33.8 Å². The van der Waals surface area contributed by atoms with Crippen LogP contribution >= 0.6 is 0 Å². The van der Waals surface area contributed by atoms with Crippen LogP contribution in [0.3, 0.4) is 0 Å². The van der Waals surface area contributed by atoms with Gasteiger partial charge in [0.1, 0.15) is 18.0 Å². The Bertz CT molecular complexity index is 758. The highest BCUT2D eigenvalue weighted by Gasteiger charge is 2.41. The van der Waals surface area contributed by atoms with E-state index in [0.29, 0.717) is 0 Å². The molecule has 2 N–H and O–H groups in total. The summed E-state index contributed by atoms with van der Waals surface area (Å²) < 4.78 is 10.4. The van der Waals surface area contributed by atoms with Gasteiger partial charge in [-0.25, -0.2) is 14.4 Å². The number of alkyl carbamates (subject to hydrolysis) is 1. The van der Waals surface area contributed by atoms with Gasteiger partial charge in [0.2, 0.25) is 0 Å². The third-order valence-corrected chi connectivity index (χ3v) is 4.23. The van der Waals surface area contributed by atoms with Crippen molar-refractivity contribution in [1.82, 2.24) is 10.2 Å². The fourth-order valence-electron chi connectivity index (χ4n) is 2.94. The monoisotopic (exact) mass is 406 g/mol. The minimum absolute atomic E-state index is 0.00801. The Balaban J connectivity index is 2.12. The number of benzene rings is 1. The first-order valence-electron chi connectivity index (χ1n) is 9.28. The zero-order valence-electron chi connectivity index (χ0n) is 16.7. The molecule has 2 rings (SSSR count). The van der Waals surface area contributed by atoms with Gasteiger partial charge >= 0.3 is 18.2 Å². The maximum absolute atomic E-state index is 12.6. The maximum Gasteiger partial charge on any atom is 0.410 e. The minimum atomic E-state index is -1.52. The third kappa shape index (κ3) is 6.78. The number of ether oxygens (including phenoxy) is 2. The lowest BCUT2D eigenvalue weighted by Crippen LogP contribution is -2.60. The Kier molecular flexibility index (Phi) is 7.19. The van der Waals surface area contributed by atoms with Crippen molar-refractivity contribution in [1.29, 1.82) is 0 Å². The summed E-state index contributed by atoms with van der Waals surface area (Å²) in [4.78, 5) is 49.6. The number of ketones is 1. The predicted octanol–water partition coefficient (Wildman–Crippen LogP) is 2.33. The highest BCUT2D eigenvalue weighted by molar-refractivity contribution is 5.86. The zero-order valence-corrected chi connectivity index (χ0v) is 16.7. The van der Waals surface area contributed by atoms with E-state index in [1.165, 1.54) is 4.90 Å². The molecule has 158 valence electrons. The van der Waals surface area contributed by atoms with Gasteiger partial charge in [0.05, 0.1) is 6.04 Å². The molecule has 1 saturated heterocycles. The van der Waals surface area contributed by atoms with Crippen LogP contribution in [0.2, 0.25) is 0 Å². The fraction of sp³-hybridized carbons (Fsp3) is 0.500. The number of nitrogens with one attached hydrogen (secondary N) is 1. The second kappa shape index (κ2) is 9.40. The molecule has 2 amide bonds.